The van der Waals surface area contributed by atoms with Crippen molar-refractivity contribution in [1.29, 1.82) is 0 Å². The molecule has 0 aliphatic heterocycles. The quantitative estimate of drug-likeness (QED) is 0.649. The van der Waals surface area contributed by atoms with Crippen molar-refractivity contribution < 1.29 is 0 Å². The Morgan fingerprint density at radius 3 is 2.00 bits per heavy atom. The summed E-state index contributed by atoms with van der Waals surface area (Å²) in [5, 5.41) is 0. The van der Waals surface area contributed by atoms with Gasteiger partial charge in [0.15, 0.2) is 0 Å². The molecule has 0 aromatic carbocycles. The van der Waals surface area contributed by atoms with Crippen LogP contribution in [0.4, 0.5) is 0 Å². The molecule has 13 heavy (non-hydrogen) atoms. The van der Waals surface area contributed by atoms with E-state index >= 15 is 0 Å². The molecule has 0 amide bonds. The third kappa shape index (κ3) is 1.66. The second kappa shape index (κ2) is 3.26. The van der Waals surface area contributed by atoms with Gasteiger partial charge in [0.1, 0.15) is 12.2 Å². The molecule has 2 aromatic rings. The Balaban J connectivity index is 2.42. The van der Waals surface area contributed by atoms with Crippen LogP contribution in [-0.4, -0.2) is 19.9 Å². The molecule has 0 bridgehead atoms. The van der Waals surface area contributed by atoms with Gasteiger partial charge in [0, 0.05) is 35.9 Å². The summed E-state index contributed by atoms with van der Waals surface area (Å²) in [6, 6.07) is 0. The van der Waals surface area contributed by atoms with Crippen molar-refractivity contribution in [3.05, 3.63) is 36.9 Å². The molecule has 0 unspecified atom stereocenters. The lowest BCUT2D eigenvalue weighted by Gasteiger charge is -1.98. The van der Waals surface area contributed by atoms with Crippen molar-refractivity contribution in [2.75, 3.05) is 0 Å². The molecule has 0 spiro atoms. The highest BCUT2D eigenvalue weighted by Gasteiger charge is 1.97. The van der Waals surface area contributed by atoms with Gasteiger partial charge in [-0.3, -0.25) is 0 Å². The van der Waals surface area contributed by atoms with Crippen LogP contribution in [0, 0.1) is 6.92 Å². The van der Waals surface area contributed by atoms with E-state index in [2.05, 4.69) is 19.9 Å². The highest BCUT2D eigenvalue weighted by atomic mass is 14.9. The monoisotopic (exact) mass is 172 g/mol. The minimum absolute atomic E-state index is 0.764. The van der Waals surface area contributed by atoms with E-state index in [1.54, 1.807) is 24.8 Å². The molecule has 0 saturated heterocycles. The van der Waals surface area contributed by atoms with Crippen molar-refractivity contribution in [2.24, 2.45) is 0 Å². The van der Waals surface area contributed by atoms with E-state index in [1.165, 1.54) is 6.33 Å². The maximum Gasteiger partial charge on any atom is 0.125 e. The summed E-state index contributed by atoms with van der Waals surface area (Å²) in [7, 11) is 0. The molecule has 4 heteroatoms. The summed E-state index contributed by atoms with van der Waals surface area (Å²) < 4.78 is 0. The first kappa shape index (κ1) is 7.79. The first-order chi connectivity index (χ1) is 6.36. The Morgan fingerprint density at radius 2 is 1.38 bits per heavy atom. The molecule has 2 heterocycles. The lowest BCUT2D eigenvalue weighted by molar-refractivity contribution is 1.05. The zero-order valence-electron chi connectivity index (χ0n) is 7.18. The van der Waals surface area contributed by atoms with E-state index < -0.39 is 0 Å². The van der Waals surface area contributed by atoms with Crippen LogP contribution >= 0.6 is 0 Å². The van der Waals surface area contributed by atoms with Gasteiger partial charge in [-0.25, -0.2) is 19.9 Å². The first-order valence-corrected chi connectivity index (χ1v) is 3.90. The third-order valence-electron chi connectivity index (χ3n) is 1.67. The summed E-state index contributed by atoms with van der Waals surface area (Å²) in [6.45, 7) is 1.85. The molecule has 0 radical (unpaired) electrons. The molecule has 0 aliphatic rings. The van der Waals surface area contributed by atoms with E-state index in [-0.39, 0.29) is 0 Å². The van der Waals surface area contributed by atoms with Crippen molar-refractivity contribution in [2.45, 2.75) is 6.92 Å². The molecule has 4 nitrogen and oxygen atoms in total. The van der Waals surface area contributed by atoms with Gasteiger partial charge in [-0.1, -0.05) is 0 Å². The van der Waals surface area contributed by atoms with Crippen LogP contribution in [0.5, 0.6) is 0 Å². The zero-order chi connectivity index (χ0) is 9.10. The molecule has 0 atom stereocenters. The fraction of sp³-hybridized carbons (Fsp3) is 0.111. The maximum atomic E-state index is 4.09. The normalized spacial score (nSPS) is 9.92. The largest absolute Gasteiger partial charge is 0.244 e. The molecule has 0 saturated carbocycles. The Kier molecular flexibility index (Phi) is 1.96. The number of hydrogen-bond donors (Lipinski definition) is 0. The summed E-state index contributed by atoms with van der Waals surface area (Å²) in [6.07, 6.45) is 8.50. The maximum absolute atomic E-state index is 4.09. The highest BCUT2D eigenvalue weighted by molar-refractivity contribution is 5.58. The topological polar surface area (TPSA) is 51.6 Å². The second-order valence-corrected chi connectivity index (χ2v) is 2.65. The van der Waals surface area contributed by atoms with E-state index in [4.69, 9.17) is 0 Å². The van der Waals surface area contributed by atoms with E-state index in [9.17, 15) is 0 Å². The summed E-state index contributed by atoms with van der Waals surface area (Å²) in [5.74, 6) is 0.764. The standard InChI is InChI=1S/C9H8N4/c1-7-12-4-9(5-13-7)8-2-10-6-11-3-8/h2-6H,1H3. The molecule has 2 rings (SSSR count). The lowest BCUT2D eigenvalue weighted by atomic mass is 10.2. The Labute approximate surface area is 75.7 Å². The van der Waals surface area contributed by atoms with Gasteiger partial charge < -0.3 is 0 Å². The highest BCUT2D eigenvalue weighted by Crippen LogP contribution is 2.13. The molecule has 2 aromatic heterocycles. The van der Waals surface area contributed by atoms with Gasteiger partial charge in [-0.05, 0) is 6.92 Å². The van der Waals surface area contributed by atoms with E-state index in [1.807, 2.05) is 6.92 Å². The van der Waals surface area contributed by atoms with Crippen molar-refractivity contribution >= 4 is 0 Å². The minimum Gasteiger partial charge on any atom is -0.244 e. The smallest absolute Gasteiger partial charge is 0.125 e. The van der Waals surface area contributed by atoms with Crippen LogP contribution in [0.2, 0.25) is 0 Å². The van der Waals surface area contributed by atoms with Crippen molar-refractivity contribution in [3.8, 4) is 11.1 Å². The molecule has 0 N–H and O–H groups in total. The van der Waals surface area contributed by atoms with Gasteiger partial charge in [0.25, 0.3) is 0 Å². The molecule has 64 valence electrons. The van der Waals surface area contributed by atoms with Crippen LogP contribution in [0.3, 0.4) is 0 Å². The summed E-state index contributed by atoms with van der Waals surface area (Å²) in [4.78, 5) is 16.0. The molecule has 0 aliphatic carbocycles. The Bertz CT molecular complexity index is 382. The first-order valence-electron chi connectivity index (χ1n) is 3.90. The lowest BCUT2D eigenvalue weighted by Crippen LogP contribution is -1.88. The SMILES string of the molecule is Cc1ncc(-c2cncnc2)cn1. The number of aromatic nitrogens is 4. The number of hydrogen-bond acceptors (Lipinski definition) is 4. The van der Waals surface area contributed by atoms with E-state index in [0.29, 0.717) is 0 Å². The van der Waals surface area contributed by atoms with Crippen molar-refractivity contribution in [3.63, 3.8) is 0 Å². The third-order valence-corrected chi connectivity index (χ3v) is 1.67. The van der Waals surface area contributed by atoms with Gasteiger partial charge in [0.05, 0.1) is 0 Å². The summed E-state index contributed by atoms with van der Waals surface area (Å²) >= 11 is 0. The number of rotatable bonds is 1. The predicted molar refractivity (Wildman–Crippen MR) is 47.8 cm³/mol. The van der Waals surface area contributed by atoms with Crippen LogP contribution in [0.1, 0.15) is 5.82 Å². The molecular weight excluding hydrogens is 164 g/mol. The van der Waals surface area contributed by atoms with Gasteiger partial charge >= 0.3 is 0 Å². The fourth-order valence-corrected chi connectivity index (χ4v) is 0.990. The average molecular weight is 172 g/mol. The Hall–Kier alpha value is -1.84. The second-order valence-electron chi connectivity index (χ2n) is 2.65. The van der Waals surface area contributed by atoms with Crippen LogP contribution in [0.15, 0.2) is 31.1 Å². The molecular formula is C9H8N4. The fourth-order valence-electron chi connectivity index (χ4n) is 0.990. The van der Waals surface area contributed by atoms with Crippen LogP contribution < -0.4 is 0 Å². The van der Waals surface area contributed by atoms with Gasteiger partial charge in [0.2, 0.25) is 0 Å². The number of aryl methyl sites for hydroxylation is 1. The van der Waals surface area contributed by atoms with Gasteiger partial charge in [-0.2, -0.15) is 0 Å². The summed E-state index contributed by atoms with van der Waals surface area (Å²) in [5.41, 5.74) is 1.87. The number of nitrogens with zero attached hydrogens (tertiary/aromatic N) is 4. The average Bonchev–Trinajstić information content (AvgIpc) is 2.20. The predicted octanol–water partition coefficient (Wildman–Crippen LogP) is 1.24. The molecule has 0 fully saturated rings. The van der Waals surface area contributed by atoms with Crippen molar-refractivity contribution in [1.82, 2.24) is 19.9 Å². The Morgan fingerprint density at radius 1 is 0.846 bits per heavy atom. The van der Waals surface area contributed by atoms with Crippen LogP contribution in [0.25, 0.3) is 11.1 Å². The van der Waals surface area contributed by atoms with Crippen LogP contribution in [-0.2, 0) is 0 Å². The van der Waals surface area contributed by atoms with E-state index in [0.717, 1.165) is 17.0 Å². The minimum atomic E-state index is 0.764. The van der Waals surface area contributed by atoms with Gasteiger partial charge in [-0.15, -0.1) is 0 Å². The zero-order valence-corrected chi connectivity index (χ0v) is 7.18.